The van der Waals surface area contributed by atoms with E-state index >= 15 is 0 Å². The van der Waals surface area contributed by atoms with Gasteiger partial charge in [-0.15, -0.1) is 0 Å². The zero-order valence-electron chi connectivity index (χ0n) is 14.8. The molecule has 3 heterocycles. The minimum Gasteiger partial charge on any atom is -0.351 e. The summed E-state index contributed by atoms with van der Waals surface area (Å²) in [5, 5.41) is 8.18. The lowest BCUT2D eigenvalue weighted by Crippen LogP contribution is -2.32. The highest BCUT2D eigenvalue weighted by molar-refractivity contribution is 5.98. The minimum absolute atomic E-state index is 0.0185. The first-order valence-electron chi connectivity index (χ1n) is 8.63. The fourth-order valence-electron chi connectivity index (χ4n) is 3.74. The summed E-state index contributed by atoms with van der Waals surface area (Å²) in [7, 11) is 3.66. The lowest BCUT2D eigenvalue weighted by Gasteiger charge is -2.24. The van der Waals surface area contributed by atoms with Gasteiger partial charge >= 0.3 is 0 Å². The first-order chi connectivity index (χ1) is 12.5. The van der Waals surface area contributed by atoms with Gasteiger partial charge in [0.15, 0.2) is 0 Å². The number of H-pyrrole nitrogens is 1. The summed E-state index contributed by atoms with van der Waals surface area (Å²) in [6, 6.07) is 9.55. The molecular weight excluding hydrogens is 330 g/mol. The van der Waals surface area contributed by atoms with E-state index in [1.807, 2.05) is 43.6 Å². The zero-order valence-corrected chi connectivity index (χ0v) is 14.8. The fourth-order valence-corrected chi connectivity index (χ4v) is 3.74. The largest absolute Gasteiger partial charge is 0.351 e. The Morgan fingerprint density at radius 3 is 2.88 bits per heavy atom. The van der Waals surface area contributed by atoms with Crippen molar-refractivity contribution in [2.45, 2.75) is 12.5 Å². The van der Waals surface area contributed by atoms with Gasteiger partial charge < -0.3 is 15.2 Å². The second kappa shape index (κ2) is 6.33. The van der Waals surface area contributed by atoms with Gasteiger partial charge in [-0.2, -0.15) is 5.10 Å². The molecule has 1 fully saturated rings. The van der Waals surface area contributed by atoms with Gasteiger partial charge in [0.1, 0.15) is 5.69 Å². The molecule has 0 bridgehead atoms. The van der Waals surface area contributed by atoms with E-state index in [1.54, 1.807) is 22.8 Å². The van der Waals surface area contributed by atoms with E-state index in [0.29, 0.717) is 18.7 Å². The second-order valence-electron chi connectivity index (χ2n) is 6.84. The Hall–Kier alpha value is -3.09. The van der Waals surface area contributed by atoms with Gasteiger partial charge in [0, 0.05) is 55.6 Å². The van der Waals surface area contributed by atoms with Crippen molar-refractivity contribution in [3.05, 3.63) is 54.0 Å². The molecule has 4 rings (SSSR count). The van der Waals surface area contributed by atoms with E-state index in [4.69, 9.17) is 0 Å². The highest BCUT2D eigenvalue weighted by Gasteiger charge is 2.39. The van der Waals surface area contributed by atoms with Gasteiger partial charge in [0.05, 0.1) is 12.2 Å². The third kappa shape index (κ3) is 2.85. The van der Waals surface area contributed by atoms with E-state index in [9.17, 15) is 9.59 Å². The van der Waals surface area contributed by atoms with E-state index in [1.165, 1.54) is 0 Å². The third-order valence-corrected chi connectivity index (χ3v) is 5.06. The van der Waals surface area contributed by atoms with Gasteiger partial charge in [-0.05, 0) is 12.1 Å². The van der Waals surface area contributed by atoms with Crippen molar-refractivity contribution in [2.75, 3.05) is 13.6 Å². The average molecular weight is 351 g/mol. The Balaban J connectivity index is 1.48. The first-order valence-corrected chi connectivity index (χ1v) is 8.63. The number of aryl methyl sites for hydroxylation is 1. The molecule has 2 aromatic heterocycles. The molecule has 2 N–H and O–H groups in total. The monoisotopic (exact) mass is 351 g/mol. The van der Waals surface area contributed by atoms with Gasteiger partial charge in [-0.3, -0.25) is 14.3 Å². The number of carbonyl (C=O) groups excluding carboxylic acids is 2. The van der Waals surface area contributed by atoms with Crippen LogP contribution in [0.4, 0.5) is 0 Å². The predicted octanol–water partition coefficient (Wildman–Crippen LogP) is 1.85. The topological polar surface area (TPSA) is 83.0 Å². The quantitative estimate of drug-likeness (QED) is 0.752. The van der Waals surface area contributed by atoms with E-state index in [2.05, 4.69) is 15.4 Å². The van der Waals surface area contributed by atoms with E-state index in [0.717, 1.165) is 16.5 Å². The van der Waals surface area contributed by atoms with Crippen molar-refractivity contribution in [3.63, 3.8) is 0 Å². The van der Waals surface area contributed by atoms with Crippen LogP contribution in [0.2, 0.25) is 0 Å². The molecule has 0 radical (unpaired) electrons. The van der Waals surface area contributed by atoms with Crippen LogP contribution in [0.3, 0.4) is 0 Å². The van der Waals surface area contributed by atoms with Gasteiger partial charge in [0.25, 0.3) is 5.91 Å². The van der Waals surface area contributed by atoms with Crippen molar-refractivity contribution in [1.29, 1.82) is 0 Å². The number of nitrogens with zero attached hydrogens (tertiary/aromatic N) is 3. The van der Waals surface area contributed by atoms with E-state index < -0.39 is 0 Å². The summed E-state index contributed by atoms with van der Waals surface area (Å²) < 4.78 is 1.73. The summed E-state index contributed by atoms with van der Waals surface area (Å²) in [4.78, 5) is 29.6. The minimum atomic E-state index is -0.159. The number of nitrogens with one attached hydrogen (secondary N) is 2. The molecule has 0 aliphatic carbocycles. The summed E-state index contributed by atoms with van der Waals surface area (Å²) >= 11 is 0. The van der Waals surface area contributed by atoms with Crippen LogP contribution >= 0.6 is 0 Å². The summed E-state index contributed by atoms with van der Waals surface area (Å²) in [6.45, 7) is 0.434. The molecule has 1 aliphatic rings. The van der Waals surface area contributed by atoms with Gasteiger partial charge in [0.2, 0.25) is 5.91 Å². The number of benzene rings is 1. The van der Waals surface area contributed by atoms with E-state index in [-0.39, 0.29) is 23.8 Å². The normalized spacial score (nSPS) is 20.1. The van der Waals surface area contributed by atoms with Crippen LogP contribution < -0.4 is 5.32 Å². The van der Waals surface area contributed by atoms with Crippen molar-refractivity contribution in [2.24, 2.45) is 13.0 Å². The SMILES string of the molecule is CN1C(=O)C[C@@H](CNC(=O)c2cc3ccccc3[nH]2)[C@@H]1c1cnn(C)c1. The smallest absolute Gasteiger partial charge is 0.267 e. The maximum absolute atomic E-state index is 12.5. The van der Waals surface area contributed by atoms with Crippen LogP contribution in [0.15, 0.2) is 42.7 Å². The average Bonchev–Trinajstić information content (AvgIpc) is 3.31. The molecule has 1 aliphatic heterocycles. The molecule has 0 spiro atoms. The van der Waals surface area contributed by atoms with Crippen LogP contribution in [0.25, 0.3) is 10.9 Å². The molecule has 7 heteroatoms. The Kier molecular flexibility index (Phi) is 3.99. The van der Waals surface area contributed by atoms with Crippen molar-refractivity contribution in [1.82, 2.24) is 25.0 Å². The number of amides is 2. The molecule has 134 valence electrons. The lowest BCUT2D eigenvalue weighted by atomic mass is 9.95. The fraction of sp³-hybridized carbons (Fsp3) is 0.316. The van der Waals surface area contributed by atoms with Crippen LogP contribution in [-0.2, 0) is 11.8 Å². The summed E-state index contributed by atoms with van der Waals surface area (Å²) in [6.07, 6.45) is 4.13. The molecule has 3 aromatic rings. The number of likely N-dealkylation sites (tertiary alicyclic amines) is 1. The van der Waals surface area contributed by atoms with Crippen molar-refractivity contribution < 1.29 is 9.59 Å². The Labute approximate surface area is 151 Å². The standard InChI is InChI=1S/C19H21N5O2/c1-23-11-14(10-21-23)18-13(8-17(25)24(18)2)9-20-19(26)16-7-12-5-3-4-6-15(12)22-16/h3-7,10-11,13,18,22H,8-9H2,1-2H3,(H,20,26)/t13-,18+/m0/s1. The summed E-state index contributed by atoms with van der Waals surface area (Å²) in [5.74, 6) is -0.0538. The van der Waals surface area contributed by atoms with Crippen molar-refractivity contribution in [3.8, 4) is 0 Å². The maximum Gasteiger partial charge on any atom is 0.267 e. The number of hydrogen-bond acceptors (Lipinski definition) is 3. The number of rotatable bonds is 4. The van der Waals surface area contributed by atoms with Crippen LogP contribution in [0, 0.1) is 5.92 Å². The van der Waals surface area contributed by atoms with Crippen LogP contribution in [0.5, 0.6) is 0 Å². The highest BCUT2D eigenvalue weighted by atomic mass is 16.2. The Bertz CT molecular complexity index is 940. The second-order valence-corrected chi connectivity index (χ2v) is 6.84. The number of aromatic nitrogens is 3. The number of carbonyl (C=O) groups is 2. The van der Waals surface area contributed by atoms with Crippen LogP contribution in [-0.4, -0.2) is 45.1 Å². The van der Waals surface area contributed by atoms with Crippen LogP contribution in [0.1, 0.15) is 28.5 Å². The van der Waals surface area contributed by atoms with Crippen molar-refractivity contribution >= 4 is 22.7 Å². The highest BCUT2D eigenvalue weighted by Crippen LogP contribution is 2.36. The number of fused-ring (bicyclic) bond motifs is 1. The third-order valence-electron chi connectivity index (χ3n) is 5.06. The molecule has 1 aromatic carbocycles. The zero-order chi connectivity index (χ0) is 18.3. The molecule has 0 saturated carbocycles. The molecule has 2 atom stereocenters. The number of aromatic amines is 1. The number of para-hydroxylation sites is 1. The molecular formula is C19H21N5O2. The lowest BCUT2D eigenvalue weighted by molar-refractivity contribution is -0.127. The first kappa shape index (κ1) is 16.4. The predicted molar refractivity (Wildman–Crippen MR) is 97.5 cm³/mol. The van der Waals surface area contributed by atoms with Gasteiger partial charge in [-0.25, -0.2) is 0 Å². The maximum atomic E-state index is 12.5. The number of hydrogen-bond donors (Lipinski definition) is 2. The molecule has 1 saturated heterocycles. The summed E-state index contributed by atoms with van der Waals surface area (Å²) in [5.41, 5.74) is 2.45. The molecule has 26 heavy (non-hydrogen) atoms. The molecule has 2 amide bonds. The Morgan fingerprint density at radius 2 is 2.15 bits per heavy atom. The van der Waals surface area contributed by atoms with Gasteiger partial charge in [-0.1, -0.05) is 18.2 Å². The molecule has 0 unspecified atom stereocenters. The Morgan fingerprint density at radius 1 is 1.35 bits per heavy atom. The molecule has 7 nitrogen and oxygen atoms in total.